The van der Waals surface area contributed by atoms with Gasteiger partial charge in [0.25, 0.3) is 15.0 Å². The van der Waals surface area contributed by atoms with Crippen LogP contribution in [-0.4, -0.2) is 20.4 Å². The fourth-order valence-corrected chi connectivity index (χ4v) is 2.65. The molecule has 4 nitrogen and oxygen atoms in total. The molecule has 19 heavy (non-hydrogen) atoms. The van der Waals surface area contributed by atoms with E-state index >= 15 is 0 Å². The summed E-state index contributed by atoms with van der Waals surface area (Å²) in [6, 6.07) is 1.69. The van der Waals surface area contributed by atoms with Crippen LogP contribution in [0.25, 0.3) is 0 Å². The molecule has 0 atom stereocenters. The van der Waals surface area contributed by atoms with Crippen molar-refractivity contribution in [2.24, 2.45) is 0 Å². The van der Waals surface area contributed by atoms with Gasteiger partial charge in [0.05, 0.1) is 15.5 Å². The summed E-state index contributed by atoms with van der Waals surface area (Å²) >= 11 is 5.68. The summed E-state index contributed by atoms with van der Waals surface area (Å²) in [4.78, 5) is 11.4. The van der Waals surface area contributed by atoms with Gasteiger partial charge < -0.3 is 5.32 Å². The lowest BCUT2D eigenvalue weighted by Gasteiger charge is -2.26. The minimum atomic E-state index is -4.12. The van der Waals surface area contributed by atoms with Gasteiger partial charge in [0.2, 0.25) is 0 Å². The zero-order chi connectivity index (χ0) is 14.2. The van der Waals surface area contributed by atoms with Crippen molar-refractivity contribution in [3.63, 3.8) is 0 Å². The van der Waals surface area contributed by atoms with Crippen molar-refractivity contribution in [1.29, 1.82) is 0 Å². The van der Waals surface area contributed by atoms with Crippen LogP contribution >= 0.6 is 22.3 Å². The van der Waals surface area contributed by atoms with E-state index in [9.17, 15) is 17.6 Å². The third-order valence-electron chi connectivity index (χ3n) is 2.97. The lowest BCUT2D eigenvalue weighted by molar-refractivity contribution is 0.0916. The number of carbonyl (C=O) groups excluding carboxylic acids is 1. The van der Waals surface area contributed by atoms with Gasteiger partial charge in [-0.05, 0) is 31.4 Å². The van der Waals surface area contributed by atoms with Gasteiger partial charge in [-0.25, -0.2) is 12.8 Å². The molecule has 1 N–H and O–H groups in total. The Bertz CT molecular complexity index is 629. The maximum Gasteiger partial charge on any atom is 0.261 e. The van der Waals surface area contributed by atoms with E-state index < -0.39 is 30.7 Å². The summed E-state index contributed by atoms with van der Waals surface area (Å²) in [6.45, 7) is 0. The van der Waals surface area contributed by atoms with Crippen molar-refractivity contribution in [2.75, 3.05) is 0 Å². The van der Waals surface area contributed by atoms with Crippen molar-refractivity contribution in [3.05, 3.63) is 28.5 Å². The highest BCUT2D eigenvalue weighted by Gasteiger charge is 2.24. The van der Waals surface area contributed by atoms with Crippen molar-refractivity contribution in [1.82, 2.24) is 5.32 Å². The lowest BCUT2D eigenvalue weighted by Crippen LogP contribution is -2.39. The van der Waals surface area contributed by atoms with Gasteiger partial charge in [0.15, 0.2) is 0 Å². The summed E-state index contributed by atoms with van der Waals surface area (Å²) in [7, 11) is 1.01. The van der Waals surface area contributed by atoms with E-state index in [2.05, 4.69) is 5.32 Å². The van der Waals surface area contributed by atoms with E-state index in [1.165, 1.54) is 0 Å². The molecule has 1 amide bonds. The van der Waals surface area contributed by atoms with Crippen LogP contribution in [0.1, 0.15) is 29.6 Å². The van der Waals surface area contributed by atoms with Crippen LogP contribution < -0.4 is 5.32 Å². The van der Waals surface area contributed by atoms with Crippen LogP contribution in [0.5, 0.6) is 0 Å². The molecule has 1 saturated carbocycles. The largest absolute Gasteiger partial charge is 0.349 e. The minimum absolute atomic E-state index is 0.0305. The van der Waals surface area contributed by atoms with Crippen LogP contribution in [0.3, 0.4) is 0 Å². The first-order chi connectivity index (χ1) is 8.79. The first-order valence-corrected chi connectivity index (χ1v) is 8.22. The molecule has 104 valence electrons. The van der Waals surface area contributed by atoms with Crippen LogP contribution in [0, 0.1) is 5.82 Å². The number of carbonyl (C=O) groups is 1. The molecule has 0 radical (unpaired) electrons. The third-order valence-corrected chi connectivity index (χ3v) is 4.69. The van der Waals surface area contributed by atoms with Crippen molar-refractivity contribution in [2.45, 2.75) is 30.2 Å². The molecular formula is C11H10Cl2FNO3S. The Morgan fingerprint density at radius 3 is 2.47 bits per heavy atom. The van der Waals surface area contributed by atoms with E-state index in [0.29, 0.717) is 6.07 Å². The zero-order valence-electron chi connectivity index (χ0n) is 9.62. The van der Waals surface area contributed by atoms with E-state index in [-0.39, 0.29) is 11.6 Å². The first kappa shape index (κ1) is 14.6. The Balaban J connectivity index is 2.37. The molecule has 0 bridgehead atoms. The van der Waals surface area contributed by atoms with Gasteiger partial charge in [-0.2, -0.15) is 0 Å². The molecule has 8 heteroatoms. The number of amides is 1. The molecule has 0 aromatic heterocycles. The van der Waals surface area contributed by atoms with Gasteiger partial charge in [-0.1, -0.05) is 11.6 Å². The maximum absolute atomic E-state index is 13.5. The summed E-state index contributed by atoms with van der Waals surface area (Å²) in [5.74, 6) is -1.60. The van der Waals surface area contributed by atoms with Gasteiger partial charge in [0, 0.05) is 16.7 Å². The Kier molecular flexibility index (Phi) is 4.03. The van der Waals surface area contributed by atoms with E-state index in [1.54, 1.807) is 0 Å². The molecule has 1 aliphatic rings. The number of benzene rings is 1. The fourth-order valence-electron chi connectivity index (χ4n) is 1.69. The zero-order valence-corrected chi connectivity index (χ0v) is 11.9. The monoisotopic (exact) mass is 325 g/mol. The van der Waals surface area contributed by atoms with E-state index in [4.69, 9.17) is 22.3 Å². The summed E-state index contributed by atoms with van der Waals surface area (Å²) in [6.07, 6.45) is 2.71. The van der Waals surface area contributed by atoms with Gasteiger partial charge in [-0.3, -0.25) is 4.79 Å². The van der Waals surface area contributed by atoms with Gasteiger partial charge >= 0.3 is 0 Å². The Hall–Kier alpha value is -0.850. The third kappa shape index (κ3) is 3.19. The topological polar surface area (TPSA) is 63.2 Å². The normalized spacial score (nSPS) is 15.9. The second kappa shape index (κ2) is 5.26. The average Bonchev–Trinajstić information content (AvgIpc) is 2.25. The molecule has 0 saturated heterocycles. The molecule has 0 unspecified atom stereocenters. The summed E-state index contributed by atoms with van der Waals surface area (Å²) in [5, 5.41) is 2.24. The van der Waals surface area contributed by atoms with E-state index in [0.717, 1.165) is 25.3 Å². The minimum Gasteiger partial charge on any atom is -0.349 e. The van der Waals surface area contributed by atoms with Crippen LogP contribution in [0.2, 0.25) is 5.02 Å². The Labute approximate surface area is 119 Å². The second-order valence-electron chi connectivity index (χ2n) is 4.31. The average molecular weight is 326 g/mol. The number of hydrogen-bond donors (Lipinski definition) is 1. The molecule has 0 aliphatic heterocycles. The molecule has 1 aromatic rings. The van der Waals surface area contributed by atoms with Crippen molar-refractivity contribution in [3.8, 4) is 0 Å². The number of halogens is 3. The van der Waals surface area contributed by atoms with Gasteiger partial charge in [-0.15, -0.1) is 0 Å². The molecule has 1 aromatic carbocycles. The first-order valence-electron chi connectivity index (χ1n) is 5.53. The predicted octanol–water partition coefficient (Wildman–Crippen LogP) is 2.69. The number of hydrogen-bond acceptors (Lipinski definition) is 3. The molecular weight excluding hydrogens is 316 g/mol. The molecule has 0 heterocycles. The second-order valence-corrected chi connectivity index (χ2v) is 7.25. The molecule has 1 aliphatic carbocycles. The smallest absolute Gasteiger partial charge is 0.261 e. The molecule has 1 fully saturated rings. The van der Waals surface area contributed by atoms with Gasteiger partial charge in [0.1, 0.15) is 5.82 Å². The van der Waals surface area contributed by atoms with Crippen molar-refractivity contribution >= 4 is 37.2 Å². The quantitative estimate of drug-likeness (QED) is 0.869. The predicted molar refractivity (Wildman–Crippen MR) is 69.6 cm³/mol. The maximum atomic E-state index is 13.5. The van der Waals surface area contributed by atoms with Crippen LogP contribution in [0.15, 0.2) is 17.0 Å². The molecule has 2 rings (SSSR count). The number of rotatable bonds is 3. The van der Waals surface area contributed by atoms with E-state index in [1.807, 2.05) is 0 Å². The SMILES string of the molecule is O=C(NC1CCC1)c1cc(S(=O)(=O)Cl)cc(F)c1Cl. The summed E-state index contributed by atoms with van der Waals surface area (Å²) < 4.78 is 35.9. The highest BCUT2D eigenvalue weighted by molar-refractivity contribution is 8.13. The highest BCUT2D eigenvalue weighted by Crippen LogP contribution is 2.27. The van der Waals surface area contributed by atoms with Crippen molar-refractivity contribution < 1.29 is 17.6 Å². The highest BCUT2D eigenvalue weighted by atomic mass is 35.7. The standard InChI is InChI=1S/C11H10Cl2FNO3S/c12-10-8(11(16)15-6-2-1-3-6)4-7(5-9(10)14)19(13,17)18/h4-6H,1-3H2,(H,15,16). The Morgan fingerprint density at radius 2 is 2.00 bits per heavy atom. The number of nitrogens with one attached hydrogen (secondary N) is 1. The van der Waals surface area contributed by atoms with Crippen LogP contribution in [0.4, 0.5) is 4.39 Å². The Morgan fingerprint density at radius 1 is 1.37 bits per heavy atom. The fraction of sp³-hybridized carbons (Fsp3) is 0.364. The van der Waals surface area contributed by atoms with Crippen LogP contribution in [-0.2, 0) is 9.05 Å². The lowest BCUT2D eigenvalue weighted by atomic mass is 9.93. The molecule has 0 spiro atoms. The summed E-state index contributed by atoms with van der Waals surface area (Å²) in [5.41, 5.74) is -0.229.